The molecule has 0 aliphatic carbocycles. The van der Waals surface area contributed by atoms with Crippen LogP contribution in [-0.2, 0) is 10.2 Å². The summed E-state index contributed by atoms with van der Waals surface area (Å²) < 4.78 is 34.0. The van der Waals surface area contributed by atoms with Crippen molar-refractivity contribution in [3.05, 3.63) is 22.7 Å². The molecule has 1 aromatic rings. The van der Waals surface area contributed by atoms with Crippen molar-refractivity contribution < 1.29 is 13.2 Å². The lowest BCUT2D eigenvalue weighted by molar-refractivity contribution is 0.415. The van der Waals surface area contributed by atoms with E-state index in [4.69, 9.17) is 4.74 Å². The van der Waals surface area contributed by atoms with Gasteiger partial charge in [0.15, 0.2) is 0 Å². The summed E-state index contributed by atoms with van der Waals surface area (Å²) in [5, 5.41) is 0. The van der Waals surface area contributed by atoms with Crippen molar-refractivity contribution in [2.24, 2.45) is 0 Å². The van der Waals surface area contributed by atoms with E-state index in [-0.39, 0.29) is 0 Å². The largest absolute Gasteiger partial charge is 0.497 e. The standard InChI is InChI=1S/C11H15BrN2O3S/c1-17-9-4-5-10(12)11(8-9)13-18(15,16)14-6-2-3-7-14/h4-5,8,13H,2-3,6-7H2,1H3. The average molecular weight is 335 g/mol. The lowest BCUT2D eigenvalue weighted by atomic mass is 10.3. The van der Waals surface area contributed by atoms with Gasteiger partial charge in [0.2, 0.25) is 0 Å². The van der Waals surface area contributed by atoms with Gasteiger partial charge in [-0.1, -0.05) is 0 Å². The van der Waals surface area contributed by atoms with Crippen LogP contribution in [0.2, 0.25) is 0 Å². The number of benzene rings is 1. The van der Waals surface area contributed by atoms with Gasteiger partial charge in [-0.05, 0) is 40.9 Å². The van der Waals surface area contributed by atoms with Crippen LogP contribution in [-0.4, -0.2) is 32.9 Å². The van der Waals surface area contributed by atoms with Crippen LogP contribution >= 0.6 is 15.9 Å². The number of rotatable bonds is 4. The molecule has 1 N–H and O–H groups in total. The highest BCUT2D eigenvalue weighted by Gasteiger charge is 2.25. The van der Waals surface area contributed by atoms with Gasteiger partial charge in [-0.15, -0.1) is 0 Å². The zero-order chi connectivity index (χ0) is 13.2. The quantitative estimate of drug-likeness (QED) is 0.918. The van der Waals surface area contributed by atoms with Gasteiger partial charge in [-0.2, -0.15) is 12.7 Å². The van der Waals surface area contributed by atoms with Gasteiger partial charge in [0.1, 0.15) is 5.75 Å². The van der Waals surface area contributed by atoms with Gasteiger partial charge in [0, 0.05) is 23.6 Å². The maximum absolute atomic E-state index is 12.1. The maximum Gasteiger partial charge on any atom is 0.301 e. The number of methoxy groups -OCH3 is 1. The van der Waals surface area contributed by atoms with Crippen molar-refractivity contribution >= 4 is 31.8 Å². The minimum absolute atomic E-state index is 0.487. The summed E-state index contributed by atoms with van der Waals surface area (Å²) >= 11 is 3.32. The van der Waals surface area contributed by atoms with Crippen LogP contribution in [0.1, 0.15) is 12.8 Å². The van der Waals surface area contributed by atoms with Gasteiger partial charge < -0.3 is 4.74 Å². The van der Waals surface area contributed by atoms with E-state index in [0.29, 0.717) is 29.0 Å². The fourth-order valence-electron chi connectivity index (χ4n) is 1.84. The predicted octanol–water partition coefficient (Wildman–Crippen LogP) is 2.21. The van der Waals surface area contributed by atoms with E-state index in [1.54, 1.807) is 25.3 Å². The van der Waals surface area contributed by atoms with Gasteiger partial charge in [0.25, 0.3) is 0 Å². The molecule has 1 fully saturated rings. The first kappa shape index (κ1) is 13.6. The average Bonchev–Trinajstić information content (AvgIpc) is 2.86. The molecule has 2 rings (SSSR count). The summed E-state index contributed by atoms with van der Waals surface area (Å²) in [6.45, 7) is 1.16. The molecule has 1 aliphatic heterocycles. The summed E-state index contributed by atoms with van der Waals surface area (Å²) in [4.78, 5) is 0. The molecule has 7 heteroatoms. The summed E-state index contributed by atoms with van der Waals surface area (Å²) in [5.41, 5.74) is 0.487. The molecule has 0 radical (unpaired) electrons. The first-order chi connectivity index (χ1) is 8.53. The maximum atomic E-state index is 12.1. The molecule has 100 valence electrons. The minimum Gasteiger partial charge on any atom is -0.497 e. The van der Waals surface area contributed by atoms with Crippen molar-refractivity contribution in [2.45, 2.75) is 12.8 Å². The number of nitrogens with zero attached hydrogens (tertiary/aromatic N) is 1. The first-order valence-corrected chi connectivity index (χ1v) is 7.87. The van der Waals surface area contributed by atoms with Gasteiger partial charge in [-0.3, -0.25) is 4.72 Å². The van der Waals surface area contributed by atoms with Crippen molar-refractivity contribution in [3.63, 3.8) is 0 Å². The van der Waals surface area contributed by atoms with Gasteiger partial charge in [0.05, 0.1) is 12.8 Å². The zero-order valence-electron chi connectivity index (χ0n) is 10.0. The molecule has 0 saturated carbocycles. The summed E-state index contributed by atoms with van der Waals surface area (Å²) in [7, 11) is -1.92. The smallest absolute Gasteiger partial charge is 0.301 e. The van der Waals surface area contributed by atoms with Gasteiger partial charge in [-0.25, -0.2) is 0 Å². The third kappa shape index (κ3) is 2.96. The van der Waals surface area contributed by atoms with E-state index in [1.807, 2.05) is 0 Å². The number of ether oxygens (including phenoxy) is 1. The van der Waals surface area contributed by atoms with Gasteiger partial charge >= 0.3 is 10.2 Å². The van der Waals surface area contributed by atoms with E-state index in [9.17, 15) is 8.42 Å². The lowest BCUT2D eigenvalue weighted by Crippen LogP contribution is -2.33. The van der Waals surface area contributed by atoms with Crippen LogP contribution in [0.3, 0.4) is 0 Å². The highest BCUT2D eigenvalue weighted by atomic mass is 79.9. The van der Waals surface area contributed by atoms with Crippen LogP contribution in [0.25, 0.3) is 0 Å². The van der Waals surface area contributed by atoms with Crippen molar-refractivity contribution in [2.75, 3.05) is 24.9 Å². The summed E-state index contributed by atoms with van der Waals surface area (Å²) in [5.74, 6) is 0.609. The number of nitrogens with one attached hydrogen (secondary N) is 1. The Labute approximate surface area is 115 Å². The number of hydrogen-bond acceptors (Lipinski definition) is 3. The van der Waals surface area contributed by atoms with Crippen LogP contribution < -0.4 is 9.46 Å². The van der Waals surface area contributed by atoms with Crippen LogP contribution in [0.5, 0.6) is 5.75 Å². The number of halogens is 1. The molecular formula is C11H15BrN2O3S. The number of hydrogen-bond donors (Lipinski definition) is 1. The Balaban J connectivity index is 2.22. The highest BCUT2D eigenvalue weighted by molar-refractivity contribution is 9.10. The summed E-state index contributed by atoms with van der Waals surface area (Å²) in [6, 6.07) is 5.16. The number of anilines is 1. The molecule has 0 atom stereocenters. The van der Waals surface area contributed by atoms with E-state index in [2.05, 4.69) is 20.7 Å². The van der Waals surface area contributed by atoms with Crippen LogP contribution in [0.4, 0.5) is 5.69 Å². The summed E-state index contributed by atoms with van der Waals surface area (Å²) in [6.07, 6.45) is 1.83. The van der Waals surface area contributed by atoms with E-state index in [1.165, 1.54) is 4.31 Å². The van der Waals surface area contributed by atoms with E-state index >= 15 is 0 Å². The molecule has 0 spiro atoms. The second kappa shape index (κ2) is 5.46. The zero-order valence-corrected chi connectivity index (χ0v) is 12.4. The normalized spacial score (nSPS) is 16.8. The fourth-order valence-corrected chi connectivity index (χ4v) is 3.63. The Bertz CT molecular complexity index is 527. The molecule has 1 aliphatic rings. The Morgan fingerprint density at radius 2 is 2.00 bits per heavy atom. The lowest BCUT2D eigenvalue weighted by Gasteiger charge is -2.18. The molecule has 18 heavy (non-hydrogen) atoms. The van der Waals surface area contributed by atoms with Crippen molar-refractivity contribution in [1.82, 2.24) is 4.31 Å². The minimum atomic E-state index is -3.46. The molecule has 0 bridgehead atoms. The van der Waals surface area contributed by atoms with Crippen LogP contribution in [0, 0.1) is 0 Å². The highest BCUT2D eigenvalue weighted by Crippen LogP contribution is 2.28. The Hall–Kier alpha value is -0.790. The molecular weight excluding hydrogens is 320 g/mol. The fraction of sp³-hybridized carbons (Fsp3) is 0.455. The van der Waals surface area contributed by atoms with Crippen LogP contribution in [0.15, 0.2) is 22.7 Å². The Kier molecular flexibility index (Phi) is 4.14. The molecule has 1 heterocycles. The third-order valence-electron chi connectivity index (χ3n) is 2.82. The topological polar surface area (TPSA) is 58.6 Å². The molecule has 0 unspecified atom stereocenters. The van der Waals surface area contributed by atoms with Crippen molar-refractivity contribution in [3.8, 4) is 5.75 Å². The molecule has 0 aromatic heterocycles. The predicted molar refractivity (Wildman–Crippen MR) is 74.0 cm³/mol. The Morgan fingerprint density at radius 1 is 1.33 bits per heavy atom. The third-order valence-corrected chi connectivity index (χ3v) is 5.03. The monoisotopic (exact) mass is 334 g/mol. The molecule has 1 aromatic carbocycles. The second-order valence-corrected chi connectivity index (χ2v) is 6.58. The van der Waals surface area contributed by atoms with E-state index < -0.39 is 10.2 Å². The molecule has 0 amide bonds. The SMILES string of the molecule is COc1ccc(Br)c(NS(=O)(=O)N2CCCC2)c1. The molecule has 1 saturated heterocycles. The second-order valence-electron chi connectivity index (χ2n) is 4.06. The van der Waals surface area contributed by atoms with E-state index in [0.717, 1.165) is 12.8 Å². The first-order valence-electron chi connectivity index (χ1n) is 5.64. The van der Waals surface area contributed by atoms with Crippen molar-refractivity contribution in [1.29, 1.82) is 0 Å². The Morgan fingerprint density at radius 3 is 2.61 bits per heavy atom. The molecule has 5 nitrogen and oxygen atoms in total.